The molecule has 0 N–H and O–H groups in total. The first kappa shape index (κ1) is 24.4. The lowest BCUT2D eigenvalue weighted by Crippen LogP contribution is -2.49. The second kappa shape index (κ2) is 9.85. The Morgan fingerprint density at radius 2 is 1.62 bits per heavy atom. The van der Waals surface area contributed by atoms with Crippen LogP contribution in [0.4, 0.5) is 5.82 Å². The summed E-state index contributed by atoms with van der Waals surface area (Å²) in [7, 11) is -7.53. The summed E-state index contributed by atoms with van der Waals surface area (Å²) in [5.74, 6) is 0.334. The Labute approximate surface area is 202 Å². The molecule has 2 aromatic carbocycles. The monoisotopic (exact) mass is 499 g/mol. The molecule has 180 valence electrons. The molecule has 9 heteroatoms. The van der Waals surface area contributed by atoms with Gasteiger partial charge in [-0.1, -0.05) is 37.3 Å². The minimum atomic E-state index is -3.89. The van der Waals surface area contributed by atoms with Crippen molar-refractivity contribution in [2.75, 3.05) is 17.4 Å². The van der Waals surface area contributed by atoms with Crippen molar-refractivity contribution in [1.82, 2.24) is 9.29 Å². The molecule has 0 spiro atoms. The van der Waals surface area contributed by atoms with Gasteiger partial charge >= 0.3 is 0 Å². The van der Waals surface area contributed by atoms with E-state index in [9.17, 15) is 16.8 Å². The number of piperidine rings is 1. The Morgan fingerprint density at radius 3 is 2.21 bits per heavy atom. The average Bonchev–Trinajstić information content (AvgIpc) is 2.85. The first-order valence-corrected chi connectivity index (χ1v) is 14.2. The van der Waals surface area contributed by atoms with E-state index in [4.69, 9.17) is 0 Å². The fourth-order valence-corrected chi connectivity index (χ4v) is 7.48. The molecule has 0 amide bonds. The van der Waals surface area contributed by atoms with Crippen LogP contribution >= 0.6 is 0 Å². The number of benzene rings is 2. The molecule has 1 aromatic heterocycles. The summed E-state index contributed by atoms with van der Waals surface area (Å²) in [4.78, 5) is 4.77. The quantitative estimate of drug-likeness (QED) is 0.490. The van der Waals surface area contributed by atoms with Crippen LogP contribution in [0.25, 0.3) is 0 Å². The predicted molar refractivity (Wildman–Crippen MR) is 133 cm³/mol. The van der Waals surface area contributed by atoms with Gasteiger partial charge < -0.3 is 0 Å². The molecule has 0 atom stereocenters. The second-order valence-electron chi connectivity index (χ2n) is 8.44. The molecule has 34 heavy (non-hydrogen) atoms. The Morgan fingerprint density at radius 1 is 0.912 bits per heavy atom. The van der Waals surface area contributed by atoms with Crippen molar-refractivity contribution >= 4 is 25.9 Å². The summed E-state index contributed by atoms with van der Waals surface area (Å²) in [5.41, 5.74) is 1.92. The smallest absolute Gasteiger partial charge is 0.247 e. The van der Waals surface area contributed by atoms with Gasteiger partial charge in [-0.25, -0.2) is 26.1 Å². The van der Waals surface area contributed by atoms with E-state index in [1.54, 1.807) is 54.7 Å². The van der Waals surface area contributed by atoms with Crippen molar-refractivity contribution in [3.8, 4) is 0 Å². The van der Waals surface area contributed by atoms with Gasteiger partial charge in [0.2, 0.25) is 10.0 Å². The number of aryl methyl sites for hydroxylation is 2. The SMILES string of the molecule is CCc1ccc(S(=O)(=O)N2CCC(N(c3ccccn3)S(=O)(=O)c3cccc(C)c3)CC2)cc1. The highest BCUT2D eigenvalue weighted by Crippen LogP contribution is 2.31. The Kier molecular flexibility index (Phi) is 7.06. The van der Waals surface area contributed by atoms with E-state index in [2.05, 4.69) is 4.98 Å². The van der Waals surface area contributed by atoms with E-state index in [1.807, 2.05) is 32.0 Å². The van der Waals surface area contributed by atoms with Crippen molar-refractivity contribution < 1.29 is 16.8 Å². The maximum Gasteiger partial charge on any atom is 0.265 e. The van der Waals surface area contributed by atoms with Gasteiger partial charge in [-0.15, -0.1) is 0 Å². The number of hydrogen-bond acceptors (Lipinski definition) is 5. The van der Waals surface area contributed by atoms with Crippen LogP contribution in [0.2, 0.25) is 0 Å². The van der Waals surface area contributed by atoms with Crippen LogP contribution < -0.4 is 4.31 Å². The number of sulfonamides is 2. The maximum absolute atomic E-state index is 13.7. The van der Waals surface area contributed by atoms with Gasteiger partial charge in [-0.05, 0) is 73.7 Å². The average molecular weight is 500 g/mol. The van der Waals surface area contributed by atoms with E-state index in [-0.39, 0.29) is 22.9 Å². The van der Waals surface area contributed by atoms with Crippen molar-refractivity contribution in [3.63, 3.8) is 0 Å². The fraction of sp³-hybridized carbons (Fsp3) is 0.320. The zero-order chi connectivity index (χ0) is 24.3. The van der Waals surface area contributed by atoms with Crippen molar-refractivity contribution in [2.45, 2.75) is 48.9 Å². The van der Waals surface area contributed by atoms with Gasteiger partial charge in [-0.2, -0.15) is 4.31 Å². The highest BCUT2D eigenvalue weighted by atomic mass is 32.2. The molecule has 1 saturated heterocycles. The summed E-state index contributed by atoms with van der Waals surface area (Å²) < 4.78 is 56.5. The number of rotatable bonds is 7. The molecule has 1 aliphatic heterocycles. The lowest BCUT2D eigenvalue weighted by Gasteiger charge is -2.37. The predicted octanol–water partition coefficient (Wildman–Crippen LogP) is 4.00. The minimum absolute atomic E-state index is 0.198. The Bertz CT molecular complexity index is 1330. The van der Waals surface area contributed by atoms with E-state index >= 15 is 0 Å². The molecule has 0 saturated carbocycles. The molecule has 0 unspecified atom stereocenters. The number of nitrogens with zero attached hydrogens (tertiary/aromatic N) is 3. The van der Waals surface area contributed by atoms with Crippen LogP contribution in [0.3, 0.4) is 0 Å². The van der Waals surface area contributed by atoms with Gasteiger partial charge in [0.05, 0.1) is 9.79 Å². The first-order valence-electron chi connectivity index (χ1n) is 11.3. The summed E-state index contributed by atoms with van der Waals surface area (Å²) in [5, 5.41) is 0. The summed E-state index contributed by atoms with van der Waals surface area (Å²) >= 11 is 0. The second-order valence-corrected chi connectivity index (χ2v) is 12.2. The topological polar surface area (TPSA) is 87.7 Å². The van der Waals surface area contributed by atoms with E-state index in [0.717, 1.165) is 17.5 Å². The normalized spacial score (nSPS) is 15.8. The Hall–Kier alpha value is -2.75. The minimum Gasteiger partial charge on any atom is -0.247 e. The van der Waals surface area contributed by atoms with Crippen LogP contribution in [0.5, 0.6) is 0 Å². The highest BCUT2D eigenvalue weighted by molar-refractivity contribution is 7.92. The van der Waals surface area contributed by atoms with Gasteiger partial charge in [0.25, 0.3) is 10.0 Å². The van der Waals surface area contributed by atoms with E-state index < -0.39 is 26.1 Å². The van der Waals surface area contributed by atoms with Gasteiger partial charge in [0.15, 0.2) is 0 Å². The highest BCUT2D eigenvalue weighted by Gasteiger charge is 2.37. The lowest BCUT2D eigenvalue weighted by molar-refractivity contribution is 0.320. The molecular weight excluding hydrogens is 470 g/mol. The summed E-state index contributed by atoms with van der Waals surface area (Å²) in [6.07, 6.45) is 3.14. The molecule has 1 aliphatic rings. The number of pyridine rings is 1. The summed E-state index contributed by atoms with van der Waals surface area (Å²) in [6.45, 7) is 4.33. The molecule has 3 aromatic rings. The Balaban J connectivity index is 1.60. The standard InChI is InChI=1S/C25H29N3O4S2/c1-3-21-10-12-23(13-11-21)33(29,30)27-17-14-22(15-18-27)28(25-9-4-5-16-26-25)34(31,32)24-8-6-7-20(2)19-24/h4-13,16,19,22H,3,14-15,17-18H2,1-2H3. The largest absolute Gasteiger partial charge is 0.265 e. The van der Waals surface area contributed by atoms with Crippen molar-refractivity contribution in [3.05, 3.63) is 84.1 Å². The molecule has 0 radical (unpaired) electrons. The third kappa shape index (κ3) is 4.87. The third-order valence-corrected chi connectivity index (χ3v) is 9.91. The van der Waals surface area contributed by atoms with Crippen molar-refractivity contribution in [2.24, 2.45) is 0 Å². The number of aromatic nitrogens is 1. The zero-order valence-electron chi connectivity index (χ0n) is 19.3. The van der Waals surface area contributed by atoms with Crippen LogP contribution in [0, 0.1) is 6.92 Å². The molecule has 1 fully saturated rings. The zero-order valence-corrected chi connectivity index (χ0v) is 21.0. The number of hydrogen-bond donors (Lipinski definition) is 0. The molecular formula is C25H29N3O4S2. The van der Waals surface area contributed by atoms with Crippen LogP contribution in [0.15, 0.2) is 82.7 Å². The van der Waals surface area contributed by atoms with Crippen molar-refractivity contribution in [1.29, 1.82) is 0 Å². The lowest BCUT2D eigenvalue weighted by atomic mass is 10.1. The van der Waals surface area contributed by atoms with Crippen LogP contribution in [-0.4, -0.2) is 45.3 Å². The van der Waals surface area contributed by atoms with Gasteiger partial charge in [-0.3, -0.25) is 0 Å². The molecule has 0 bridgehead atoms. The fourth-order valence-electron chi connectivity index (χ4n) is 4.24. The molecule has 0 aliphatic carbocycles. The molecule has 4 rings (SSSR count). The number of anilines is 1. The van der Waals surface area contributed by atoms with Gasteiger partial charge in [0, 0.05) is 25.3 Å². The van der Waals surface area contributed by atoms with Crippen LogP contribution in [-0.2, 0) is 26.5 Å². The molecule has 7 nitrogen and oxygen atoms in total. The summed E-state index contributed by atoms with van der Waals surface area (Å²) in [6, 6.07) is 18.5. The maximum atomic E-state index is 13.7. The molecule has 2 heterocycles. The van der Waals surface area contributed by atoms with E-state index in [1.165, 1.54) is 8.61 Å². The van der Waals surface area contributed by atoms with Gasteiger partial charge in [0.1, 0.15) is 5.82 Å². The third-order valence-electron chi connectivity index (χ3n) is 6.15. The van der Waals surface area contributed by atoms with Crippen LogP contribution in [0.1, 0.15) is 30.9 Å². The van der Waals surface area contributed by atoms with E-state index in [0.29, 0.717) is 18.7 Å². The first-order chi connectivity index (χ1) is 16.2.